The predicted octanol–water partition coefficient (Wildman–Crippen LogP) is 4.01. The summed E-state index contributed by atoms with van der Waals surface area (Å²) in [5.41, 5.74) is 0.917. The second-order valence-corrected chi connectivity index (χ2v) is 10.2. The lowest BCUT2D eigenvalue weighted by atomic mass is 9.77. The number of hydrogen-bond donors (Lipinski definition) is 1. The maximum atomic E-state index is 12.9. The van der Waals surface area contributed by atoms with E-state index >= 15 is 0 Å². The Morgan fingerprint density at radius 1 is 1.33 bits per heavy atom. The van der Waals surface area contributed by atoms with Gasteiger partial charge in [0.2, 0.25) is 0 Å². The fourth-order valence-corrected chi connectivity index (χ4v) is 5.27. The number of carbonyl (C=O) groups is 1. The van der Waals surface area contributed by atoms with Crippen LogP contribution in [0.4, 0.5) is 0 Å². The van der Waals surface area contributed by atoms with Crippen LogP contribution in [0.15, 0.2) is 23.0 Å². The third-order valence-corrected chi connectivity index (χ3v) is 6.45. The summed E-state index contributed by atoms with van der Waals surface area (Å²) in [6.45, 7) is 10.6. The fourth-order valence-electron chi connectivity index (χ4n) is 3.77. The first-order valence-corrected chi connectivity index (χ1v) is 10.4. The molecular weight excluding hydrogens is 358 g/mol. The van der Waals surface area contributed by atoms with Gasteiger partial charge in [-0.1, -0.05) is 13.8 Å². The van der Waals surface area contributed by atoms with Crippen molar-refractivity contribution in [2.24, 2.45) is 5.41 Å². The number of amides is 1. The van der Waals surface area contributed by atoms with E-state index in [-0.39, 0.29) is 23.3 Å². The zero-order valence-corrected chi connectivity index (χ0v) is 17.7. The number of likely N-dealkylation sites (N-methyl/N-ethyl adjacent to an activating group) is 1. The fraction of sp³-hybridized carbons (Fsp3) is 0.545. The molecule has 1 amide bonds. The minimum Gasteiger partial charge on any atom is -0.389 e. The van der Waals surface area contributed by atoms with Gasteiger partial charge in [0.05, 0.1) is 5.60 Å². The van der Waals surface area contributed by atoms with E-state index < -0.39 is 5.60 Å². The van der Waals surface area contributed by atoms with E-state index in [4.69, 9.17) is 0 Å². The summed E-state index contributed by atoms with van der Waals surface area (Å²) in [4.78, 5) is 28.6. The summed E-state index contributed by atoms with van der Waals surface area (Å²) in [7, 11) is 0. The molecule has 1 aromatic heterocycles. The second-order valence-electron chi connectivity index (χ2n) is 9.02. The highest BCUT2D eigenvalue weighted by atomic mass is 32.1. The quantitative estimate of drug-likeness (QED) is 0.862. The van der Waals surface area contributed by atoms with E-state index in [1.807, 2.05) is 13.0 Å². The van der Waals surface area contributed by atoms with Crippen LogP contribution in [0.2, 0.25) is 0 Å². The molecule has 1 aliphatic rings. The molecule has 4 nitrogen and oxygen atoms in total. The largest absolute Gasteiger partial charge is 0.389 e. The van der Waals surface area contributed by atoms with E-state index in [9.17, 15) is 14.7 Å². The van der Waals surface area contributed by atoms with Gasteiger partial charge in [0.25, 0.3) is 5.91 Å². The van der Waals surface area contributed by atoms with Crippen LogP contribution in [0, 0.1) is 5.41 Å². The van der Waals surface area contributed by atoms with Crippen molar-refractivity contribution in [3.63, 3.8) is 0 Å². The summed E-state index contributed by atoms with van der Waals surface area (Å²) >= 11 is 1.65. The van der Waals surface area contributed by atoms with Gasteiger partial charge >= 0.3 is 0 Å². The molecule has 1 aromatic carbocycles. The molecule has 5 heteroatoms. The molecule has 0 spiro atoms. The maximum Gasteiger partial charge on any atom is 0.253 e. The average Bonchev–Trinajstić information content (AvgIpc) is 2.57. The molecule has 146 valence electrons. The molecule has 0 fully saturated rings. The van der Waals surface area contributed by atoms with Crippen molar-refractivity contribution in [1.29, 1.82) is 0 Å². The van der Waals surface area contributed by atoms with Crippen molar-refractivity contribution in [1.82, 2.24) is 4.90 Å². The highest BCUT2D eigenvalue weighted by Gasteiger charge is 2.28. The molecule has 0 bridgehead atoms. The van der Waals surface area contributed by atoms with Crippen LogP contribution in [0.1, 0.15) is 61.8 Å². The van der Waals surface area contributed by atoms with Crippen LogP contribution < -0.4 is 5.43 Å². The standard InChI is InChI=1S/C22H29NO3S/c1-6-23(13-22(4,5)26)20(25)14-7-8-15-17(11-14)27-18-12-21(2,3)10-9-16(18)19(15)24/h7-8,11,26H,6,9-10,12-13H2,1-5H3. The lowest BCUT2D eigenvalue weighted by molar-refractivity contribution is 0.0315. The summed E-state index contributed by atoms with van der Waals surface area (Å²) in [6, 6.07) is 5.38. The Balaban J connectivity index is 2.02. The van der Waals surface area contributed by atoms with Crippen molar-refractivity contribution in [3.8, 4) is 0 Å². The van der Waals surface area contributed by atoms with Gasteiger partial charge in [-0.05, 0) is 63.6 Å². The van der Waals surface area contributed by atoms with Crippen molar-refractivity contribution in [2.75, 3.05) is 13.1 Å². The molecule has 0 atom stereocenters. The van der Waals surface area contributed by atoms with Crippen molar-refractivity contribution >= 4 is 27.3 Å². The van der Waals surface area contributed by atoms with E-state index in [1.165, 1.54) is 0 Å². The van der Waals surface area contributed by atoms with Gasteiger partial charge in [-0.15, -0.1) is 11.3 Å². The van der Waals surface area contributed by atoms with Gasteiger partial charge in [-0.2, -0.15) is 0 Å². The van der Waals surface area contributed by atoms with Crippen molar-refractivity contribution < 1.29 is 9.90 Å². The number of benzene rings is 1. The number of hydrogen-bond acceptors (Lipinski definition) is 4. The number of fused-ring (bicyclic) bond motifs is 2. The highest BCUT2D eigenvalue weighted by molar-refractivity contribution is 7.18. The Morgan fingerprint density at radius 2 is 2.04 bits per heavy atom. The van der Waals surface area contributed by atoms with E-state index in [2.05, 4.69) is 13.8 Å². The molecule has 0 saturated heterocycles. The van der Waals surface area contributed by atoms with Crippen molar-refractivity contribution in [2.45, 2.75) is 59.5 Å². The Morgan fingerprint density at radius 3 is 2.67 bits per heavy atom. The average molecular weight is 388 g/mol. The SMILES string of the molecule is CCN(CC(C)(C)O)C(=O)c1ccc2c(=O)c3c(sc2c1)CC(C)(C)CC3. The van der Waals surface area contributed by atoms with Crippen LogP contribution >= 0.6 is 11.3 Å². The Labute approximate surface area is 164 Å². The summed E-state index contributed by atoms with van der Waals surface area (Å²) in [6.07, 6.45) is 2.78. The molecule has 2 aromatic rings. The normalized spacial score (nSPS) is 16.2. The number of rotatable bonds is 4. The van der Waals surface area contributed by atoms with Crippen LogP contribution in [0.25, 0.3) is 10.1 Å². The smallest absolute Gasteiger partial charge is 0.253 e. The zero-order chi connectivity index (χ0) is 20.0. The Kier molecular flexibility index (Phi) is 5.21. The van der Waals surface area contributed by atoms with Gasteiger partial charge in [0.1, 0.15) is 0 Å². The van der Waals surface area contributed by atoms with Crippen LogP contribution in [-0.2, 0) is 12.8 Å². The zero-order valence-electron chi connectivity index (χ0n) is 16.9. The number of nitrogens with zero attached hydrogens (tertiary/aromatic N) is 1. The molecule has 0 radical (unpaired) electrons. The molecule has 27 heavy (non-hydrogen) atoms. The first kappa shape index (κ1) is 20.0. The second kappa shape index (κ2) is 7.02. The first-order chi connectivity index (χ1) is 12.5. The van der Waals surface area contributed by atoms with Crippen LogP contribution in [-0.4, -0.2) is 34.6 Å². The molecule has 0 aliphatic heterocycles. The summed E-state index contributed by atoms with van der Waals surface area (Å²) in [5.74, 6) is -0.112. The Hall–Kier alpha value is -1.72. The topological polar surface area (TPSA) is 57.6 Å². The maximum absolute atomic E-state index is 12.9. The van der Waals surface area contributed by atoms with E-state index in [1.54, 1.807) is 42.2 Å². The van der Waals surface area contributed by atoms with Gasteiger partial charge in [-0.3, -0.25) is 9.59 Å². The summed E-state index contributed by atoms with van der Waals surface area (Å²) in [5, 5.41) is 10.8. The monoisotopic (exact) mass is 387 g/mol. The molecule has 1 heterocycles. The minimum absolute atomic E-state index is 0.112. The van der Waals surface area contributed by atoms with E-state index in [0.717, 1.165) is 34.4 Å². The van der Waals surface area contributed by atoms with Gasteiger partial charge in [-0.25, -0.2) is 0 Å². The van der Waals surface area contributed by atoms with Gasteiger partial charge in [0.15, 0.2) is 5.43 Å². The number of aliphatic hydroxyl groups is 1. The molecular formula is C22H29NO3S. The van der Waals surface area contributed by atoms with Gasteiger partial charge < -0.3 is 10.0 Å². The highest BCUT2D eigenvalue weighted by Crippen LogP contribution is 2.37. The molecule has 3 rings (SSSR count). The van der Waals surface area contributed by atoms with Gasteiger partial charge in [0, 0.05) is 39.2 Å². The third-order valence-electron chi connectivity index (χ3n) is 5.25. The first-order valence-electron chi connectivity index (χ1n) is 9.61. The lowest BCUT2D eigenvalue weighted by Gasteiger charge is -2.30. The number of carbonyl (C=O) groups excluding carboxylic acids is 1. The summed E-state index contributed by atoms with van der Waals surface area (Å²) < 4.78 is 0.876. The van der Waals surface area contributed by atoms with Crippen LogP contribution in [0.5, 0.6) is 0 Å². The third kappa shape index (κ3) is 4.25. The van der Waals surface area contributed by atoms with Crippen molar-refractivity contribution in [3.05, 3.63) is 44.4 Å². The molecule has 1 aliphatic carbocycles. The van der Waals surface area contributed by atoms with Crippen LogP contribution in [0.3, 0.4) is 0 Å². The molecule has 0 unspecified atom stereocenters. The lowest BCUT2D eigenvalue weighted by Crippen LogP contribution is -2.42. The van der Waals surface area contributed by atoms with E-state index in [0.29, 0.717) is 17.5 Å². The molecule has 0 saturated carbocycles. The minimum atomic E-state index is -0.946. The Bertz CT molecular complexity index is 937. The molecule has 1 N–H and O–H groups in total. The predicted molar refractivity (Wildman–Crippen MR) is 112 cm³/mol.